The zero-order valence-electron chi connectivity index (χ0n) is 11.6. The van der Waals surface area contributed by atoms with E-state index in [-0.39, 0.29) is 17.4 Å². The molecule has 0 radical (unpaired) electrons. The minimum atomic E-state index is -0.578. The molecule has 1 aromatic carbocycles. The summed E-state index contributed by atoms with van der Waals surface area (Å²) in [5.41, 5.74) is 0.205. The molecular formula is C14H19BrN2O2. The number of carbonyl (C=O) groups excluding carboxylic acids is 2. The van der Waals surface area contributed by atoms with Crippen LogP contribution in [-0.4, -0.2) is 23.4 Å². The molecule has 1 atom stereocenters. The molecule has 0 spiro atoms. The van der Waals surface area contributed by atoms with E-state index in [1.807, 2.05) is 26.8 Å². The fourth-order valence-electron chi connectivity index (χ4n) is 1.45. The van der Waals surface area contributed by atoms with Gasteiger partial charge < -0.3 is 10.6 Å². The van der Waals surface area contributed by atoms with E-state index < -0.39 is 6.04 Å². The van der Waals surface area contributed by atoms with E-state index in [0.717, 1.165) is 4.47 Å². The van der Waals surface area contributed by atoms with E-state index in [0.29, 0.717) is 5.56 Å². The predicted molar refractivity (Wildman–Crippen MR) is 79.0 cm³/mol. The van der Waals surface area contributed by atoms with Crippen molar-refractivity contribution in [1.82, 2.24) is 10.6 Å². The molecule has 0 aliphatic carbocycles. The second-order valence-electron chi connectivity index (χ2n) is 5.44. The predicted octanol–water partition coefficient (Wildman–Crippen LogP) is 2.48. The maximum absolute atomic E-state index is 12.0. The summed E-state index contributed by atoms with van der Waals surface area (Å²) in [5.74, 6) is -0.464. The number of carbonyl (C=O) groups is 2. The zero-order valence-corrected chi connectivity index (χ0v) is 13.2. The van der Waals surface area contributed by atoms with Crippen molar-refractivity contribution in [2.24, 2.45) is 0 Å². The van der Waals surface area contributed by atoms with Crippen molar-refractivity contribution in [3.63, 3.8) is 0 Å². The van der Waals surface area contributed by atoms with Gasteiger partial charge in [0.2, 0.25) is 5.91 Å². The Morgan fingerprint density at radius 2 is 1.89 bits per heavy atom. The van der Waals surface area contributed by atoms with Crippen molar-refractivity contribution in [3.8, 4) is 0 Å². The molecule has 5 heteroatoms. The molecular weight excluding hydrogens is 308 g/mol. The van der Waals surface area contributed by atoms with Gasteiger partial charge in [-0.3, -0.25) is 9.59 Å². The van der Waals surface area contributed by atoms with Crippen LogP contribution in [0.25, 0.3) is 0 Å². The highest BCUT2D eigenvalue weighted by molar-refractivity contribution is 9.10. The van der Waals surface area contributed by atoms with Gasteiger partial charge in [-0.15, -0.1) is 0 Å². The minimum absolute atomic E-state index is 0.198. The Kier molecular flexibility index (Phi) is 5.11. The first-order valence-electron chi connectivity index (χ1n) is 6.07. The molecule has 0 saturated carbocycles. The molecule has 2 N–H and O–H groups in total. The van der Waals surface area contributed by atoms with Crippen molar-refractivity contribution in [2.75, 3.05) is 0 Å². The fourth-order valence-corrected chi connectivity index (χ4v) is 1.85. The van der Waals surface area contributed by atoms with Gasteiger partial charge in [-0.05, 0) is 45.9 Å². The molecule has 0 aliphatic rings. The normalized spacial score (nSPS) is 12.7. The molecule has 104 valence electrons. The maximum atomic E-state index is 12.0. The van der Waals surface area contributed by atoms with Crippen molar-refractivity contribution in [1.29, 1.82) is 0 Å². The summed E-state index contributed by atoms with van der Waals surface area (Å²) >= 11 is 3.31. The summed E-state index contributed by atoms with van der Waals surface area (Å²) in [6, 6.07) is 6.45. The fraction of sp³-hybridized carbons (Fsp3) is 0.429. The number of rotatable bonds is 3. The first-order chi connectivity index (χ1) is 8.69. The van der Waals surface area contributed by atoms with Gasteiger partial charge in [0.15, 0.2) is 0 Å². The molecule has 2 amide bonds. The Morgan fingerprint density at radius 3 is 2.42 bits per heavy atom. The minimum Gasteiger partial charge on any atom is -0.350 e. The van der Waals surface area contributed by atoms with Crippen LogP contribution in [0.5, 0.6) is 0 Å². The third kappa shape index (κ3) is 5.42. The third-order valence-electron chi connectivity index (χ3n) is 2.33. The number of benzene rings is 1. The molecule has 0 fully saturated rings. The summed E-state index contributed by atoms with van der Waals surface area (Å²) in [7, 11) is 0. The number of amides is 2. The van der Waals surface area contributed by atoms with Crippen molar-refractivity contribution in [3.05, 3.63) is 34.3 Å². The van der Waals surface area contributed by atoms with Gasteiger partial charge >= 0.3 is 0 Å². The van der Waals surface area contributed by atoms with Crippen LogP contribution < -0.4 is 10.6 Å². The summed E-state index contributed by atoms with van der Waals surface area (Å²) in [6.07, 6.45) is 0. The molecule has 19 heavy (non-hydrogen) atoms. The Hall–Kier alpha value is -1.36. The van der Waals surface area contributed by atoms with Gasteiger partial charge in [-0.1, -0.05) is 22.0 Å². The van der Waals surface area contributed by atoms with Crippen LogP contribution in [-0.2, 0) is 4.79 Å². The first kappa shape index (κ1) is 15.7. The molecule has 1 rings (SSSR count). The summed E-state index contributed by atoms with van der Waals surface area (Å²) in [6.45, 7) is 7.35. The lowest BCUT2D eigenvalue weighted by Crippen LogP contribution is -2.50. The lowest BCUT2D eigenvalue weighted by Gasteiger charge is -2.23. The molecule has 1 aromatic rings. The van der Waals surface area contributed by atoms with Crippen LogP contribution in [0.4, 0.5) is 0 Å². The number of hydrogen-bond acceptors (Lipinski definition) is 2. The van der Waals surface area contributed by atoms with E-state index in [1.165, 1.54) is 0 Å². The third-order valence-corrected chi connectivity index (χ3v) is 2.82. The van der Waals surface area contributed by atoms with E-state index in [2.05, 4.69) is 26.6 Å². The van der Waals surface area contributed by atoms with E-state index in [9.17, 15) is 9.59 Å². The molecule has 0 heterocycles. The van der Waals surface area contributed by atoms with Crippen molar-refractivity contribution in [2.45, 2.75) is 39.3 Å². The molecule has 0 saturated heterocycles. The van der Waals surface area contributed by atoms with E-state index >= 15 is 0 Å². The van der Waals surface area contributed by atoms with Gasteiger partial charge in [0.1, 0.15) is 6.04 Å². The average molecular weight is 327 g/mol. The van der Waals surface area contributed by atoms with Gasteiger partial charge in [0.05, 0.1) is 0 Å². The van der Waals surface area contributed by atoms with Crippen molar-refractivity contribution >= 4 is 27.7 Å². The Balaban J connectivity index is 2.64. The quantitative estimate of drug-likeness (QED) is 0.896. The topological polar surface area (TPSA) is 58.2 Å². The largest absolute Gasteiger partial charge is 0.350 e. The second kappa shape index (κ2) is 6.19. The van der Waals surface area contributed by atoms with Gasteiger partial charge in [0.25, 0.3) is 5.91 Å². The Morgan fingerprint density at radius 1 is 1.26 bits per heavy atom. The number of halogens is 1. The standard InChI is InChI=1S/C14H19BrN2O2/c1-9(12(18)17-14(2,3)4)16-13(19)10-6-5-7-11(15)8-10/h5-9H,1-4H3,(H,16,19)(H,17,18). The second-order valence-corrected chi connectivity index (χ2v) is 6.36. The number of nitrogens with one attached hydrogen (secondary N) is 2. The van der Waals surface area contributed by atoms with Gasteiger partial charge in [0, 0.05) is 15.6 Å². The van der Waals surface area contributed by atoms with Gasteiger partial charge in [-0.2, -0.15) is 0 Å². The van der Waals surface area contributed by atoms with E-state index in [4.69, 9.17) is 0 Å². The van der Waals surface area contributed by atoms with Crippen LogP contribution >= 0.6 is 15.9 Å². The molecule has 0 aromatic heterocycles. The van der Waals surface area contributed by atoms with Crippen LogP contribution in [0, 0.1) is 0 Å². The Labute approximate surface area is 122 Å². The summed E-state index contributed by atoms with van der Waals surface area (Å²) < 4.78 is 0.826. The van der Waals surface area contributed by atoms with Crippen LogP contribution in [0.15, 0.2) is 28.7 Å². The Bertz CT molecular complexity index is 481. The van der Waals surface area contributed by atoms with Crippen LogP contribution in [0.3, 0.4) is 0 Å². The highest BCUT2D eigenvalue weighted by Gasteiger charge is 2.21. The van der Waals surface area contributed by atoms with Crippen molar-refractivity contribution < 1.29 is 9.59 Å². The average Bonchev–Trinajstić information content (AvgIpc) is 2.26. The highest BCUT2D eigenvalue weighted by atomic mass is 79.9. The SMILES string of the molecule is CC(NC(=O)c1cccc(Br)c1)C(=O)NC(C)(C)C. The zero-order chi connectivity index (χ0) is 14.6. The summed E-state index contributed by atoms with van der Waals surface area (Å²) in [5, 5.41) is 5.50. The summed E-state index contributed by atoms with van der Waals surface area (Å²) in [4.78, 5) is 23.8. The maximum Gasteiger partial charge on any atom is 0.251 e. The smallest absolute Gasteiger partial charge is 0.251 e. The van der Waals surface area contributed by atoms with Crippen LogP contribution in [0.2, 0.25) is 0 Å². The number of hydrogen-bond donors (Lipinski definition) is 2. The lowest BCUT2D eigenvalue weighted by atomic mass is 10.1. The monoisotopic (exact) mass is 326 g/mol. The highest BCUT2D eigenvalue weighted by Crippen LogP contribution is 2.11. The first-order valence-corrected chi connectivity index (χ1v) is 6.87. The molecule has 0 bridgehead atoms. The molecule has 1 unspecified atom stereocenters. The molecule has 4 nitrogen and oxygen atoms in total. The van der Waals surface area contributed by atoms with E-state index in [1.54, 1.807) is 25.1 Å². The lowest BCUT2D eigenvalue weighted by molar-refractivity contribution is -0.124. The van der Waals surface area contributed by atoms with Crippen LogP contribution in [0.1, 0.15) is 38.1 Å². The molecule has 0 aliphatic heterocycles. The van der Waals surface area contributed by atoms with Gasteiger partial charge in [-0.25, -0.2) is 0 Å².